The van der Waals surface area contributed by atoms with E-state index in [0.717, 1.165) is 4.47 Å². The van der Waals surface area contributed by atoms with Gasteiger partial charge in [-0.15, -0.1) is 0 Å². The first-order valence-electron chi connectivity index (χ1n) is 8.35. The number of fused-ring (bicyclic) bond motifs is 1. The van der Waals surface area contributed by atoms with Crippen molar-refractivity contribution in [3.05, 3.63) is 70.6 Å². The number of benzene rings is 2. The van der Waals surface area contributed by atoms with Gasteiger partial charge in [-0.1, -0.05) is 22.0 Å². The van der Waals surface area contributed by atoms with Gasteiger partial charge in [-0.05, 0) is 42.5 Å². The first-order chi connectivity index (χ1) is 13.2. The predicted octanol–water partition coefficient (Wildman–Crippen LogP) is 4.64. The van der Waals surface area contributed by atoms with Crippen molar-refractivity contribution in [3.63, 3.8) is 0 Å². The Bertz CT molecular complexity index is 969. The van der Waals surface area contributed by atoms with Crippen molar-refractivity contribution in [2.24, 2.45) is 0 Å². The van der Waals surface area contributed by atoms with Gasteiger partial charge >= 0.3 is 0 Å². The lowest BCUT2D eigenvalue weighted by Crippen LogP contribution is -2.16. The number of halogens is 1. The van der Waals surface area contributed by atoms with Gasteiger partial charge in [0.25, 0.3) is 5.91 Å². The number of carbonyl (C=O) groups is 1. The van der Waals surface area contributed by atoms with Gasteiger partial charge in [0, 0.05) is 16.2 Å². The van der Waals surface area contributed by atoms with Gasteiger partial charge in [-0.3, -0.25) is 4.79 Å². The Balaban J connectivity index is 1.38. The standard InChI is InChI=1S/C20H16BrNO5/c21-13-2-1-3-15(10-13)26-12-16-5-7-18(27-16)20(23)22-14-4-6-17-19(11-14)25-9-8-24-17/h1-7,10-11H,8-9,12H2,(H,22,23). The number of hydrogen-bond donors (Lipinski definition) is 1. The van der Waals surface area contributed by atoms with Gasteiger partial charge in [0.1, 0.15) is 31.3 Å². The van der Waals surface area contributed by atoms with E-state index in [0.29, 0.717) is 41.9 Å². The molecule has 0 aliphatic carbocycles. The fourth-order valence-corrected chi connectivity index (χ4v) is 2.98. The summed E-state index contributed by atoms with van der Waals surface area (Å²) < 4.78 is 23.2. The third-order valence-corrected chi connectivity index (χ3v) is 4.36. The Morgan fingerprint density at radius 1 is 1.04 bits per heavy atom. The number of hydrogen-bond acceptors (Lipinski definition) is 5. The van der Waals surface area contributed by atoms with Crippen molar-refractivity contribution < 1.29 is 23.4 Å². The summed E-state index contributed by atoms with van der Waals surface area (Å²) in [5.74, 6) is 2.41. The third-order valence-electron chi connectivity index (χ3n) is 3.86. The zero-order valence-electron chi connectivity index (χ0n) is 14.2. The number of furan rings is 1. The highest BCUT2D eigenvalue weighted by molar-refractivity contribution is 9.10. The van der Waals surface area contributed by atoms with Gasteiger partial charge in [-0.25, -0.2) is 0 Å². The number of amides is 1. The summed E-state index contributed by atoms with van der Waals surface area (Å²) >= 11 is 3.39. The summed E-state index contributed by atoms with van der Waals surface area (Å²) in [4.78, 5) is 12.4. The highest BCUT2D eigenvalue weighted by Gasteiger charge is 2.15. The highest BCUT2D eigenvalue weighted by Crippen LogP contribution is 2.32. The molecule has 1 aliphatic heterocycles. The molecule has 6 nitrogen and oxygen atoms in total. The van der Waals surface area contributed by atoms with Crippen LogP contribution in [0.15, 0.2) is 63.5 Å². The summed E-state index contributed by atoms with van der Waals surface area (Å²) in [5.41, 5.74) is 0.604. The Morgan fingerprint density at radius 2 is 1.89 bits per heavy atom. The van der Waals surface area contributed by atoms with E-state index in [1.54, 1.807) is 30.3 Å². The zero-order chi connectivity index (χ0) is 18.6. The SMILES string of the molecule is O=C(Nc1ccc2c(c1)OCCO2)c1ccc(COc2cccc(Br)c2)o1. The van der Waals surface area contributed by atoms with E-state index in [2.05, 4.69) is 21.2 Å². The van der Waals surface area contributed by atoms with Gasteiger partial charge in [0.05, 0.1) is 0 Å². The molecule has 1 N–H and O–H groups in total. The molecule has 0 fully saturated rings. The van der Waals surface area contributed by atoms with Crippen LogP contribution in [0.2, 0.25) is 0 Å². The first kappa shape index (κ1) is 17.5. The molecule has 0 saturated heterocycles. The van der Waals surface area contributed by atoms with E-state index in [1.165, 1.54) is 0 Å². The first-order valence-corrected chi connectivity index (χ1v) is 9.15. The molecule has 138 valence electrons. The van der Waals surface area contributed by atoms with Gasteiger partial charge in [-0.2, -0.15) is 0 Å². The minimum absolute atomic E-state index is 0.206. The van der Waals surface area contributed by atoms with Crippen LogP contribution in [0, 0.1) is 0 Å². The van der Waals surface area contributed by atoms with E-state index < -0.39 is 0 Å². The van der Waals surface area contributed by atoms with Crippen molar-refractivity contribution in [2.45, 2.75) is 6.61 Å². The molecule has 2 aromatic carbocycles. The third kappa shape index (κ3) is 4.25. The maximum Gasteiger partial charge on any atom is 0.291 e. The largest absolute Gasteiger partial charge is 0.486 e. The molecule has 7 heteroatoms. The molecule has 4 rings (SSSR count). The molecule has 1 aromatic heterocycles. The van der Waals surface area contributed by atoms with Crippen LogP contribution in [0.5, 0.6) is 17.2 Å². The minimum atomic E-state index is -0.347. The molecule has 3 aromatic rings. The average molecular weight is 430 g/mol. The molecule has 0 radical (unpaired) electrons. The highest BCUT2D eigenvalue weighted by atomic mass is 79.9. The lowest BCUT2D eigenvalue weighted by Gasteiger charge is -2.18. The Hall–Kier alpha value is -2.93. The van der Waals surface area contributed by atoms with Crippen LogP contribution >= 0.6 is 15.9 Å². The molecule has 1 amide bonds. The Kier molecular flexibility index (Phi) is 5.02. The van der Waals surface area contributed by atoms with Crippen LogP contribution in [0.3, 0.4) is 0 Å². The Labute approximate surface area is 164 Å². The van der Waals surface area contributed by atoms with Crippen LogP contribution in [-0.2, 0) is 6.61 Å². The number of nitrogens with one attached hydrogen (secondary N) is 1. The van der Waals surface area contributed by atoms with Crippen molar-refractivity contribution in [1.29, 1.82) is 0 Å². The summed E-state index contributed by atoms with van der Waals surface area (Å²) in [6, 6.07) is 16.1. The zero-order valence-corrected chi connectivity index (χ0v) is 15.8. The monoisotopic (exact) mass is 429 g/mol. The smallest absolute Gasteiger partial charge is 0.291 e. The van der Waals surface area contributed by atoms with E-state index in [1.807, 2.05) is 24.3 Å². The van der Waals surface area contributed by atoms with E-state index in [-0.39, 0.29) is 18.3 Å². The molecule has 0 bridgehead atoms. The molecule has 0 atom stereocenters. The quantitative estimate of drug-likeness (QED) is 0.639. The summed E-state index contributed by atoms with van der Waals surface area (Å²) in [6.45, 7) is 1.24. The fraction of sp³-hybridized carbons (Fsp3) is 0.150. The van der Waals surface area contributed by atoms with Crippen molar-refractivity contribution in [1.82, 2.24) is 0 Å². The molecule has 2 heterocycles. The summed E-state index contributed by atoms with van der Waals surface area (Å²) in [5, 5.41) is 2.79. The van der Waals surface area contributed by atoms with Crippen LogP contribution in [-0.4, -0.2) is 19.1 Å². The van der Waals surface area contributed by atoms with Crippen LogP contribution in [0.25, 0.3) is 0 Å². The van der Waals surface area contributed by atoms with Gasteiger partial charge in [0.2, 0.25) is 0 Å². The molecule has 1 aliphatic rings. The molecule has 0 saturated carbocycles. The predicted molar refractivity (Wildman–Crippen MR) is 103 cm³/mol. The minimum Gasteiger partial charge on any atom is -0.486 e. The summed E-state index contributed by atoms with van der Waals surface area (Å²) in [7, 11) is 0. The summed E-state index contributed by atoms with van der Waals surface area (Å²) in [6.07, 6.45) is 0. The Morgan fingerprint density at radius 3 is 2.74 bits per heavy atom. The van der Waals surface area contributed by atoms with Crippen molar-refractivity contribution in [2.75, 3.05) is 18.5 Å². The molecule has 27 heavy (non-hydrogen) atoms. The normalized spacial score (nSPS) is 12.5. The van der Waals surface area contributed by atoms with Gasteiger partial charge in [0.15, 0.2) is 17.3 Å². The fourth-order valence-electron chi connectivity index (χ4n) is 2.60. The number of ether oxygens (including phenoxy) is 3. The van der Waals surface area contributed by atoms with Crippen molar-refractivity contribution >= 4 is 27.5 Å². The van der Waals surface area contributed by atoms with Crippen LogP contribution < -0.4 is 19.5 Å². The number of carbonyl (C=O) groups excluding carboxylic acids is 1. The van der Waals surface area contributed by atoms with Gasteiger partial charge < -0.3 is 23.9 Å². The molecular formula is C20H16BrNO5. The number of anilines is 1. The van der Waals surface area contributed by atoms with Crippen molar-refractivity contribution in [3.8, 4) is 17.2 Å². The lowest BCUT2D eigenvalue weighted by molar-refractivity contribution is 0.0992. The number of rotatable bonds is 5. The second-order valence-electron chi connectivity index (χ2n) is 5.82. The van der Waals surface area contributed by atoms with E-state index in [9.17, 15) is 4.79 Å². The van der Waals surface area contributed by atoms with E-state index >= 15 is 0 Å². The maximum atomic E-state index is 12.4. The second kappa shape index (κ2) is 7.75. The average Bonchev–Trinajstić information content (AvgIpc) is 3.16. The molecular weight excluding hydrogens is 414 g/mol. The van der Waals surface area contributed by atoms with Crippen LogP contribution in [0.1, 0.15) is 16.3 Å². The molecule has 0 spiro atoms. The van der Waals surface area contributed by atoms with E-state index in [4.69, 9.17) is 18.6 Å². The molecule has 0 unspecified atom stereocenters. The maximum absolute atomic E-state index is 12.4. The van der Waals surface area contributed by atoms with Crippen LogP contribution in [0.4, 0.5) is 5.69 Å². The second-order valence-corrected chi connectivity index (χ2v) is 6.74. The topological polar surface area (TPSA) is 69.9 Å². The lowest BCUT2D eigenvalue weighted by atomic mass is 10.2.